The highest BCUT2D eigenvalue weighted by atomic mass is 79.9. The Morgan fingerprint density at radius 1 is 1.23 bits per heavy atom. The van der Waals surface area contributed by atoms with E-state index in [1.807, 2.05) is 0 Å². The van der Waals surface area contributed by atoms with Crippen LogP contribution in [0, 0.1) is 0 Å². The molecule has 0 saturated carbocycles. The quantitative estimate of drug-likeness (QED) is 0.491. The Hall–Kier alpha value is -2.59. The van der Waals surface area contributed by atoms with Crippen molar-refractivity contribution in [2.45, 2.75) is 24.7 Å². The molecule has 1 aliphatic rings. The van der Waals surface area contributed by atoms with E-state index >= 15 is 0 Å². The van der Waals surface area contributed by atoms with Crippen LogP contribution < -0.4 is 10.6 Å². The van der Waals surface area contributed by atoms with Crippen molar-refractivity contribution in [1.29, 1.82) is 0 Å². The summed E-state index contributed by atoms with van der Waals surface area (Å²) in [5.41, 5.74) is 0.552. The van der Waals surface area contributed by atoms with Crippen LogP contribution >= 0.6 is 27.5 Å². The SMILES string of the molecule is O=C(Nc1ccc(Cl)cn1)c1cc2n(n1)[C@@H](C(F)(F)F)C[C@@H](c1ccc(Br)cc1)N2. The number of hydrogen-bond acceptors (Lipinski definition) is 4. The minimum absolute atomic E-state index is 0.116. The predicted molar refractivity (Wildman–Crippen MR) is 110 cm³/mol. The Labute approximate surface area is 182 Å². The fraction of sp³-hybridized carbons (Fsp3) is 0.211. The molecular weight excluding hydrogens is 487 g/mol. The van der Waals surface area contributed by atoms with Crippen molar-refractivity contribution in [2.24, 2.45) is 0 Å². The summed E-state index contributed by atoms with van der Waals surface area (Å²) in [4.78, 5) is 16.4. The first-order chi connectivity index (χ1) is 14.2. The second-order valence-electron chi connectivity index (χ2n) is 6.72. The summed E-state index contributed by atoms with van der Waals surface area (Å²) in [6.07, 6.45) is -3.43. The number of hydrogen-bond donors (Lipinski definition) is 2. The summed E-state index contributed by atoms with van der Waals surface area (Å²) >= 11 is 9.07. The maximum Gasteiger partial charge on any atom is 0.410 e. The van der Waals surface area contributed by atoms with E-state index in [1.54, 1.807) is 24.3 Å². The number of fused-ring (bicyclic) bond motifs is 1. The van der Waals surface area contributed by atoms with E-state index in [0.29, 0.717) is 10.6 Å². The fourth-order valence-electron chi connectivity index (χ4n) is 3.23. The highest BCUT2D eigenvalue weighted by Gasteiger charge is 2.46. The fourth-order valence-corrected chi connectivity index (χ4v) is 3.60. The smallest absolute Gasteiger partial charge is 0.363 e. The molecule has 0 radical (unpaired) electrons. The molecule has 1 amide bonds. The number of alkyl halides is 3. The molecule has 11 heteroatoms. The molecule has 30 heavy (non-hydrogen) atoms. The monoisotopic (exact) mass is 499 g/mol. The number of nitrogens with zero attached hydrogens (tertiary/aromatic N) is 3. The molecule has 2 N–H and O–H groups in total. The van der Waals surface area contributed by atoms with Gasteiger partial charge in [0.25, 0.3) is 5.91 Å². The minimum Gasteiger partial charge on any atom is -0.363 e. The van der Waals surface area contributed by atoms with Crippen molar-refractivity contribution >= 4 is 45.1 Å². The predicted octanol–water partition coefficient (Wildman–Crippen LogP) is 5.61. The van der Waals surface area contributed by atoms with E-state index in [1.165, 1.54) is 24.4 Å². The van der Waals surface area contributed by atoms with Gasteiger partial charge in [0.15, 0.2) is 11.7 Å². The van der Waals surface area contributed by atoms with Crippen LogP contribution in [0.4, 0.5) is 24.8 Å². The zero-order valence-corrected chi connectivity index (χ0v) is 17.5. The lowest BCUT2D eigenvalue weighted by atomic mass is 9.97. The van der Waals surface area contributed by atoms with Crippen LogP contribution in [0.1, 0.15) is 34.6 Å². The first-order valence-corrected chi connectivity index (χ1v) is 9.99. The van der Waals surface area contributed by atoms with Gasteiger partial charge in [0.05, 0.1) is 11.1 Å². The summed E-state index contributed by atoms with van der Waals surface area (Å²) in [6.45, 7) is 0. The van der Waals surface area contributed by atoms with Gasteiger partial charge in [-0.05, 0) is 29.8 Å². The van der Waals surface area contributed by atoms with Crippen LogP contribution in [0.3, 0.4) is 0 Å². The summed E-state index contributed by atoms with van der Waals surface area (Å²) in [6, 6.07) is 8.91. The largest absolute Gasteiger partial charge is 0.410 e. The summed E-state index contributed by atoms with van der Waals surface area (Å²) in [5.74, 6) is -0.344. The zero-order chi connectivity index (χ0) is 21.5. The van der Waals surface area contributed by atoms with Gasteiger partial charge in [0.1, 0.15) is 11.6 Å². The molecule has 0 spiro atoms. The molecule has 0 bridgehead atoms. The highest BCUT2D eigenvalue weighted by Crippen LogP contribution is 2.43. The van der Waals surface area contributed by atoms with Crippen molar-refractivity contribution in [3.05, 3.63) is 69.4 Å². The number of nitrogens with one attached hydrogen (secondary N) is 2. The Kier molecular flexibility index (Phi) is 5.46. The van der Waals surface area contributed by atoms with E-state index in [2.05, 4.69) is 36.6 Å². The normalized spacial score (nSPS) is 18.4. The number of carbonyl (C=O) groups excluding carboxylic acids is 1. The molecule has 2 atom stereocenters. The second kappa shape index (κ2) is 7.92. The van der Waals surface area contributed by atoms with Crippen molar-refractivity contribution in [3.63, 3.8) is 0 Å². The summed E-state index contributed by atoms with van der Waals surface area (Å²) in [5, 5.41) is 9.86. The highest BCUT2D eigenvalue weighted by molar-refractivity contribution is 9.10. The maximum absolute atomic E-state index is 13.7. The topological polar surface area (TPSA) is 71.8 Å². The van der Waals surface area contributed by atoms with Crippen LogP contribution in [0.25, 0.3) is 0 Å². The second-order valence-corrected chi connectivity index (χ2v) is 8.07. The van der Waals surface area contributed by atoms with Gasteiger partial charge in [0.2, 0.25) is 0 Å². The van der Waals surface area contributed by atoms with Gasteiger partial charge < -0.3 is 10.6 Å². The van der Waals surface area contributed by atoms with Crippen molar-refractivity contribution in [1.82, 2.24) is 14.8 Å². The average molecular weight is 501 g/mol. The Bertz CT molecular complexity index is 1070. The number of aromatic nitrogens is 3. The van der Waals surface area contributed by atoms with Gasteiger partial charge in [-0.3, -0.25) is 4.79 Å². The van der Waals surface area contributed by atoms with Crippen molar-refractivity contribution < 1.29 is 18.0 Å². The van der Waals surface area contributed by atoms with Crippen LogP contribution in [0.2, 0.25) is 5.02 Å². The van der Waals surface area contributed by atoms with Gasteiger partial charge in [-0.15, -0.1) is 0 Å². The van der Waals surface area contributed by atoms with E-state index in [9.17, 15) is 18.0 Å². The van der Waals surface area contributed by atoms with Gasteiger partial charge in [-0.1, -0.05) is 39.7 Å². The number of halogens is 5. The van der Waals surface area contributed by atoms with Crippen LogP contribution in [0.5, 0.6) is 0 Å². The molecule has 3 heterocycles. The van der Waals surface area contributed by atoms with Gasteiger partial charge in [-0.2, -0.15) is 18.3 Å². The molecule has 3 aromatic rings. The van der Waals surface area contributed by atoms with Gasteiger partial charge in [0, 0.05) is 23.2 Å². The maximum atomic E-state index is 13.7. The molecule has 1 aliphatic heterocycles. The molecule has 0 aliphatic carbocycles. The van der Waals surface area contributed by atoms with Crippen molar-refractivity contribution in [2.75, 3.05) is 10.6 Å². The minimum atomic E-state index is -4.53. The Morgan fingerprint density at radius 3 is 2.60 bits per heavy atom. The van der Waals surface area contributed by atoms with E-state index < -0.39 is 24.2 Å². The molecule has 4 rings (SSSR count). The van der Waals surface area contributed by atoms with Gasteiger partial charge in [-0.25, -0.2) is 9.67 Å². The first-order valence-electron chi connectivity index (χ1n) is 8.82. The molecule has 156 valence electrons. The van der Waals surface area contributed by atoms with Crippen LogP contribution in [-0.2, 0) is 0 Å². The Morgan fingerprint density at radius 2 is 1.97 bits per heavy atom. The average Bonchev–Trinajstić information content (AvgIpc) is 3.13. The van der Waals surface area contributed by atoms with E-state index in [0.717, 1.165) is 9.15 Å². The third-order valence-corrected chi connectivity index (χ3v) is 5.42. The third-order valence-electron chi connectivity index (χ3n) is 4.66. The van der Waals surface area contributed by atoms with Gasteiger partial charge >= 0.3 is 6.18 Å². The van der Waals surface area contributed by atoms with E-state index in [4.69, 9.17) is 11.6 Å². The number of amides is 1. The third kappa shape index (κ3) is 4.29. The molecular formula is C19H14BrClF3N5O. The lowest BCUT2D eigenvalue weighted by Gasteiger charge is -2.33. The zero-order valence-electron chi connectivity index (χ0n) is 15.1. The molecule has 0 unspecified atom stereocenters. The number of pyridine rings is 1. The molecule has 0 saturated heterocycles. The lowest BCUT2D eigenvalue weighted by Crippen LogP contribution is -2.35. The standard InChI is InChI=1S/C19H14BrClF3N5O/c20-11-3-1-10(2-4-11)13-7-15(19(22,23)24)29-17(26-13)8-14(28-29)18(30)27-16-6-5-12(21)9-25-16/h1-6,8-9,13,15,26H,7H2,(H,25,27,30)/t13-,15+/m0/s1. The Balaban J connectivity index is 1.63. The van der Waals surface area contributed by atoms with E-state index in [-0.39, 0.29) is 23.8 Å². The molecule has 0 fully saturated rings. The molecule has 6 nitrogen and oxygen atoms in total. The number of anilines is 2. The molecule has 1 aromatic carbocycles. The van der Waals surface area contributed by atoms with Crippen LogP contribution in [0.15, 0.2) is 53.1 Å². The number of carbonyl (C=O) groups is 1. The summed E-state index contributed by atoms with van der Waals surface area (Å²) < 4.78 is 42.9. The first kappa shape index (κ1) is 20.7. The number of benzene rings is 1. The number of rotatable bonds is 3. The summed E-state index contributed by atoms with van der Waals surface area (Å²) in [7, 11) is 0. The van der Waals surface area contributed by atoms with Crippen LogP contribution in [-0.4, -0.2) is 26.8 Å². The van der Waals surface area contributed by atoms with Crippen molar-refractivity contribution in [3.8, 4) is 0 Å². The lowest BCUT2D eigenvalue weighted by molar-refractivity contribution is -0.173. The molecule has 2 aromatic heterocycles.